The van der Waals surface area contributed by atoms with Crippen molar-refractivity contribution in [3.8, 4) is 0 Å². The van der Waals surface area contributed by atoms with Crippen LogP contribution in [0.25, 0.3) is 10.9 Å². The van der Waals surface area contributed by atoms with Crippen LogP contribution in [0.15, 0.2) is 16.9 Å². The Hall–Kier alpha value is -1.52. The number of rotatable bonds is 3. The van der Waals surface area contributed by atoms with Crippen molar-refractivity contribution in [1.82, 2.24) is 19.7 Å². The van der Waals surface area contributed by atoms with Crippen LogP contribution in [0.4, 0.5) is 0 Å². The molecule has 1 N–H and O–H groups in total. The van der Waals surface area contributed by atoms with Crippen LogP contribution in [0.5, 0.6) is 0 Å². The Morgan fingerprint density at radius 1 is 1.35 bits per heavy atom. The van der Waals surface area contributed by atoms with Crippen molar-refractivity contribution >= 4 is 42.6 Å². The summed E-state index contributed by atoms with van der Waals surface area (Å²) < 4.78 is 25.2. The quantitative estimate of drug-likeness (QED) is 0.768. The van der Waals surface area contributed by atoms with Crippen molar-refractivity contribution in [3.05, 3.63) is 22.6 Å². The lowest BCUT2D eigenvalue weighted by molar-refractivity contribution is 0.0282. The van der Waals surface area contributed by atoms with Gasteiger partial charge in [0.15, 0.2) is 9.84 Å². The number of hydrogen-bond acceptors (Lipinski definition) is 6. The molecule has 2 aromatic heterocycles. The average molecular weight is 443 g/mol. The van der Waals surface area contributed by atoms with Gasteiger partial charge in [0.2, 0.25) is 0 Å². The molecule has 4 rings (SSSR count). The third-order valence-corrected chi connectivity index (χ3v) is 6.41. The largest absolute Gasteiger partial charge is 0.393 e. The van der Waals surface area contributed by atoms with Crippen LogP contribution in [0, 0.1) is 0 Å². The van der Waals surface area contributed by atoms with Crippen molar-refractivity contribution in [2.24, 2.45) is 0 Å². The number of sulfone groups is 1. The van der Waals surface area contributed by atoms with E-state index in [-0.39, 0.29) is 35.7 Å². The van der Waals surface area contributed by atoms with Crippen LogP contribution in [0.3, 0.4) is 0 Å². The Morgan fingerprint density at radius 2 is 2.00 bits per heavy atom. The van der Waals surface area contributed by atoms with E-state index in [9.17, 15) is 18.3 Å². The maximum absolute atomic E-state index is 13.0. The van der Waals surface area contributed by atoms with E-state index in [4.69, 9.17) is 0 Å². The zero-order valence-corrected chi connectivity index (χ0v) is 16.6. The molecule has 2 saturated heterocycles. The molecule has 0 aromatic carbocycles. The first-order valence-electron chi connectivity index (χ1n) is 8.43. The summed E-state index contributed by atoms with van der Waals surface area (Å²) in [5.41, 5.74) is 0.818. The molecule has 1 amide bonds. The maximum Gasteiger partial charge on any atom is 0.273 e. The highest BCUT2D eigenvalue weighted by Gasteiger charge is 2.43. The summed E-state index contributed by atoms with van der Waals surface area (Å²) in [6.07, 6.45) is 5.32. The van der Waals surface area contributed by atoms with Crippen LogP contribution in [-0.4, -0.2) is 63.5 Å². The second kappa shape index (κ2) is 6.28. The number of aromatic nitrogens is 3. The van der Waals surface area contributed by atoms with E-state index in [1.165, 1.54) is 4.68 Å². The Labute approximate surface area is 159 Å². The van der Waals surface area contributed by atoms with Crippen LogP contribution < -0.4 is 0 Å². The lowest BCUT2D eigenvalue weighted by atomic mass is 9.99. The van der Waals surface area contributed by atoms with Gasteiger partial charge in [0, 0.05) is 24.5 Å². The number of pyridine rings is 1. The molecule has 0 saturated carbocycles. The van der Waals surface area contributed by atoms with Crippen molar-refractivity contribution in [2.75, 3.05) is 6.26 Å². The van der Waals surface area contributed by atoms with Gasteiger partial charge < -0.3 is 10.0 Å². The lowest BCUT2D eigenvalue weighted by Crippen LogP contribution is -2.48. The Bertz CT molecular complexity index is 976. The first-order valence-corrected chi connectivity index (χ1v) is 11.3. The van der Waals surface area contributed by atoms with Crippen molar-refractivity contribution < 1.29 is 18.3 Å². The van der Waals surface area contributed by atoms with Crippen LogP contribution in [-0.2, 0) is 15.7 Å². The van der Waals surface area contributed by atoms with Crippen molar-refractivity contribution in [3.63, 3.8) is 0 Å². The predicted molar refractivity (Wildman–Crippen MR) is 98.3 cm³/mol. The summed E-state index contributed by atoms with van der Waals surface area (Å²) in [6.45, 7) is 0. The molecule has 2 bridgehead atoms. The van der Waals surface area contributed by atoms with Crippen LogP contribution >= 0.6 is 15.9 Å². The molecule has 8 nitrogen and oxygen atoms in total. The standard InChI is InChI=1S/C16H19BrN4O4S/c1-26(24,25)8-20-14-6-13(18-7-12(14)15(17)19-20)16(23)21-9-2-3-10(21)5-11(22)4-9/h6-7,9-11,22H,2-5,8H2,1H3. The molecule has 0 spiro atoms. The van der Waals surface area contributed by atoms with Crippen molar-refractivity contribution in [1.29, 1.82) is 0 Å². The fourth-order valence-corrected chi connectivity index (χ4v) is 5.22. The third-order valence-electron chi connectivity index (χ3n) is 5.11. The van der Waals surface area contributed by atoms with Gasteiger partial charge >= 0.3 is 0 Å². The molecule has 2 aliphatic rings. The molecule has 10 heteroatoms. The van der Waals surface area contributed by atoms with E-state index < -0.39 is 9.84 Å². The highest BCUT2D eigenvalue weighted by molar-refractivity contribution is 9.10. The fraction of sp³-hybridized carbons (Fsp3) is 0.562. The molecule has 2 aromatic rings. The van der Waals surface area contributed by atoms with Gasteiger partial charge in [0.25, 0.3) is 5.91 Å². The molecule has 140 valence electrons. The number of halogens is 1. The Kier molecular flexibility index (Phi) is 4.31. The average Bonchev–Trinajstić information content (AvgIpc) is 3.00. The van der Waals surface area contributed by atoms with Crippen LogP contribution in [0.1, 0.15) is 36.2 Å². The molecule has 2 fully saturated rings. The van der Waals surface area contributed by atoms with E-state index in [1.54, 1.807) is 12.3 Å². The van der Waals surface area contributed by atoms with Gasteiger partial charge in [-0.1, -0.05) is 0 Å². The number of hydrogen-bond donors (Lipinski definition) is 1. The number of nitrogens with zero attached hydrogens (tertiary/aromatic N) is 4. The number of piperidine rings is 1. The minimum Gasteiger partial charge on any atom is -0.393 e. The first kappa shape index (κ1) is 17.9. The zero-order chi connectivity index (χ0) is 18.6. The molecule has 0 aliphatic carbocycles. The van der Waals surface area contributed by atoms with Gasteiger partial charge in [0.1, 0.15) is 16.2 Å². The van der Waals surface area contributed by atoms with Gasteiger partial charge in [-0.3, -0.25) is 9.78 Å². The zero-order valence-electron chi connectivity index (χ0n) is 14.2. The van der Waals surface area contributed by atoms with Gasteiger partial charge in [0.05, 0.1) is 17.0 Å². The van der Waals surface area contributed by atoms with Gasteiger partial charge in [-0.2, -0.15) is 5.10 Å². The molecule has 2 unspecified atom stereocenters. The Balaban J connectivity index is 1.71. The fourth-order valence-electron chi connectivity index (χ4n) is 4.08. The number of aliphatic hydroxyl groups is 1. The second-order valence-electron chi connectivity index (χ2n) is 7.15. The van der Waals surface area contributed by atoms with E-state index in [2.05, 4.69) is 26.0 Å². The van der Waals surface area contributed by atoms with E-state index in [1.807, 2.05) is 4.90 Å². The van der Waals surface area contributed by atoms with Gasteiger partial charge in [-0.05, 0) is 47.7 Å². The lowest BCUT2D eigenvalue weighted by Gasteiger charge is -2.37. The van der Waals surface area contributed by atoms with E-state index in [0.29, 0.717) is 28.3 Å². The summed E-state index contributed by atoms with van der Waals surface area (Å²) in [7, 11) is -3.29. The highest BCUT2D eigenvalue weighted by Crippen LogP contribution is 2.37. The molecule has 4 heterocycles. The minimum absolute atomic E-state index is 0.0430. The number of aliphatic hydroxyl groups excluding tert-OH is 1. The normalized spacial score (nSPS) is 25.8. The second-order valence-corrected chi connectivity index (χ2v) is 10.0. The smallest absolute Gasteiger partial charge is 0.273 e. The van der Waals surface area contributed by atoms with E-state index >= 15 is 0 Å². The van der Waals surface area contributed by atoms with Gasteiger partial charge in [-0.15, -0.1) is 0 Å². The van der Waals surface area contributed by atoms with Gasteiger partial charge in [-0.25, -0.2) is 13.1 Å². The summed E-state index contributed by atoms with van der Waals surface area (Å²) in [5, 5.41) is 14.8. The SMILES string of the molecule is CS(=O)(=O)Cn1nc(Br)c2cnc(C(=O)N3C4CCC3CC(O)C4)cc21. The number of amides is 1. The topological polar surface area (TPSA) is 105 Å². The summed E-state index contributed by atoms with van der Waals surface area (Å²) in [5.74, 6) is -0.442. The molecule has 0 radical (unpaired) electrons. The molecule has 2 aliphatic heterocycles. The number of carbonyl (C=O) groups excluding carboxylic acids is 1. The summed E-state index contributed by atoms with van der Waals surface area (Å²) in [4.78, 5) is 19.2. The van der Waals surface area contributed by atoms with E-state index in [0.717, 1.165) is 19.1 Å². The molecule has 2 atom stereocenters. The predicted octanol–water partition coefficient (Wildman–Crippen LogP) is 1.32. The third kappa shape index (κ3) is 3.14. The number of fused-ring (bicyclic) bond motifs is 3. The van der Waals surface area contributed by atoms with Crippen LogP contribution in [0.2, 0.25) is 0 Å². The summed E-state index contributed by atoms with van der Waals surface area (Å²) in [6, 6.07) is 1.69. The Morgan fingerprint density at radius 3 is 2.62 bits per heavy atom. The highest BCUT2D eigenvalue weighted by atomic mass is 79.9. The van der Waals surface area contributed by atoms with Crippen molar-refractivity contribution in [2.45, 2.75) is 49.7 Å². The summed E-state index contributed by atoms with van der Waals surface area (Å²) >= 11 is 3.31. The minimum atomic E-state index is -3.29. The molecular formula is C16H19BrN4O4S. The first-order chi connectivity index (χ1) is 12.2. The molecular weight excluding hydrogens is 424 g/mol. The molecule has 26 heavy (non-hydrogen) atoms. The number of carbonyl (C=O) groups is 1. The maximum atomic E-state index is 13.0. The monoisotopic (exact) mass is 442 g/mol.